The Bertz CT molecular complexity index is 743. The van der Waals surface area contributed by atoms with Crippen LogP contribution in [0.3, 0.4) is 0 Å². The number of amides is 1. The van der Waals surface area contributed by atoms with Crippen molar-refractivity contribution in [2.24, 2.45) is 7.05 Å². The molecule has 0 spiro atoms. The first-order valence-electron chi connectivity index (χ1n) is 7.15. The minimum Gasteiger partial charge on any atom is -0.361 e. The normalized spacial score (nSPS) is 10.3. The Morgan fingerprint density at radius 3 is 2.58 bits per heavy atom. The molecule has 0 unspecified atom stereocenters. The summed E-state index contributed by atoms with van der Waals surface area (Å²) in [4.78, 5) is 11.9. The van der Waals surface area contributed by atoms with Gasteiger partial charge in [0.2, 0.25) is 0 Å². The summed E-state index contributed by atoms with van der Waals surface area (Å²) in [5, 5.41) is 14.3. The number of nitrogens with one attached hydrogen (secondary N) is 3. The molecule has 3 N–H and O–H groups in total. The number of carbonyl (C=O) groups excluding carboxylic acids is 1. The van der Waals surface area contributed by atoms with Crippen molar-refractivity contribution in [1.29, 1.82) is 0 Å². The van der Waals surface area contributed by atoms with Gasteiger partial charge in [0, 0.05) is 30.9 Å². The van der Waals surface area contributed by atoms with Crippen LogP contribution in [-0.4, -0.2) is 33.9 Å². The Morgan fingerprint density at radius 2 is 1.96 bits per heavy atom. The zero-order valence-electron chi connectivity index (χ0n) is 13.2. The van der Waals surface area contributed by atoms with E-state index in [0.29, 0.717) is 39.6 Å². The van der Waals surface area contributed by atoms with Gasteiger partial charge in [0.05, 0.1) is 10.7 Å². The molecule has 2 aromatic rings. The van der Waals surface area contributed by atoms with E-state index in [4.69, 9.17) is 35.4 Å². The number of anilines is 1. The maximum atomic E-state index is 11.9. The summed E-state index contributed by atoms with van der Waals surface area (Å²) >= 11 is 17.1. The highest BCUT2D eigenvalue weighted by atomic mass is 35.5. The first-order valence-corrected chi connectivity index (χ1v) is 8.32. The van der Waals surface area contributed by atoms with E-state index in [1.165, 1.54) is 0 Å². The number of hydrogen-bond donors (Lipinski definition) is 3. The molecule has 2 rings (SSSR count). The number of carbonyl (C=O) groups is 1. The largest absolute Gasteiger partial charge is 0.361 e. The minimum atomic E-state index is -0.222. The van der Waals surface area contributed by atoms with Gasteiger partial charge in [0.25, 0.3) is 5.91 Å². The topological polar surface area (TPSA) is 71.0 Å². The lowest BCUT2D eigenvalue weighted by molar-refractivity contribution is 0.0948. The van der Waals surface area contributed by atoms with Crippen molar-refractivity contribution in [3.63, 3.8) is 0 Å². The summed E-state index contributed by atoms with van der Waals surface area (Å²) < 4.78 is 1.65. The van der Waals surface area contributed by atoms with E-state index in [2.05, 4.69) is 21.0 Å². The van der Waals surface area contributed by atoms with Gasteiger partial charge < -0.3 is 16.0 Å². The van der Waals surface area contributed by atoms with Gasteiger partial charge in [-0.25, -0.2) is 0 Å². The third-order valence-corrected chi connectivity index (χ3v) is 4.02. The minimum absolute atomic E-state index is 0.222. The number of benzene rings is 1. The molecule has 1 aromatic carbocycles. The van der Waals surface area contributed by atoms with Crippen LogP contribution in [0.25, 0.3) is 0 Å². The molecular formula is C15H17Cl2N5OS. The second kappa shape index (κ2) is 8.32. The van der Waals surface area contributed by atoms with Crippen molar-refractivity contribution in [3.05, 3.63) is 45.7 Å². The predicted molar refractivity (Wildman–Crippen MR) is 101 cm³/mol. The summed E-state index contributed by atoms with van der Waals surface area (Å²) in [7, 11) is 1.79. The number of aromatic nitrogens is 2. The molecule has 0 aliphatic heterocycles. The maximum Gasteiger partial charge on any atom is 0.271 e. The smallest absolute Gasteiger partial charge is 0.271 e. The first-order chi connectivity index (χ1) is 11.4. The average molecular weight is 386 g/mol. The average Bonchev–Trinajstić information content (AvgIpc) is 2.86. The Kier molecular flexibility index (Phi) is 6.42. The van der Waals surface area contributed by atoms with Crippen LogP contribution in [-0.2, 0) is 7.05 Å². The number of aryl methyl sites for hydroxylation is 2. The molecule has 0 atom stereocenters. The summed E-state index contributed by atoms with van der Waals surface area (Å²) in [6.07, 6.45) is 0. The monoisotopic (exact) mass is 385 g/mol. The molecule has 0 saturated heterocycles. The van der Waals surface area contributed by atoms with Gasteiger partial charge >= 0.3 is 0 Å². The van der Waals surface area contributed by atoms with Gasteiger partial charge in [-0.15, -0.1) is 0 Å². The summed E-state index contributed by atoms with van der Waals surface area (Å²) in [6, 6.07) is 6.82. The Balaban J connectivity index is 1.73. The first kappa shape index (κ1) is 18.5. The zero-order chi connectivity index (χ0) is 17.7. The highest BCUT2D eigenvalue weighted by Gasteiger charge is 2.10. The maximum absolute atomic E-state index is 11.9. The van der Waals surface area contributed by atoms with Gasteiger partial charge in [0.1, 0.15) is 5.69 Å². The van der Waals surface area contributed by atoms with Crippen molar-refractivity contribution in [2.45, 2.75) is 6.92 Å². The third kappa shape index (κ3) is 5.09. The molecule has 0 radical (unpaired) electrons. The lowest BCUT2D eigenvalue weighted by atomic mass is 10.3. The quantitative estimate of drug-likeness (QED) is 0.545. The molecule has 0 aliphatic rings. The molecule has 24 heavy (non-hydrogen) atoms. The Morgan fingerprint density at radius 1 is 1.25 bits per heavy atom. The van der Waals surface area contributed by atoms with E-state index in [-0.39, 0.29) is 5.91 Å². The highest BCUT2D eigenvalue weighted by molar-refractivity contribution is 7.80. The van der Waals surface area contributed by atoms with E-state index in [1.807, 2.05) is 6.92 Å². The van der Waals surface area contributed by atoms with Crippen molar-refractivity contribution < 1.29 is 4.79 Å². The molecule has 6 nitrogen and oxygen atoms in total. The second-order valence-corrected chi connectivity index (χ2v) is 6.31. The van der Waals surface area contributed by atoms with E-state index < -0.39 is 0 Å². The molecule has 1 heterocycles. The fourth-order valence-electron chi connectivity index (χ4n) is 1.87. The van der Waals surface area contributed by atoms with Gasteiger partial charge in [-0.3, -0.25) is 9.48 Å². The van der Waals surface area contributed by atoms with Crippen LogP contribution in [0.1, 0.15) is 16.2 Å². The molecule has 0 bridgehead atoms. The third-order valence-electron chi connectivity index (χ3n) is 3.22. The van der Waals surface area contributed by atoms with Gasteiger partial charge in [0.15, 0.2) is 5.11 Å². The van der Waals surface area contributed by atoms with E-state index in [0.717, 1.165) is 5.69 Å². The van der Waals surface area contributed by atoms with E-state index >= 15 is 0 Å². The van der Waals surface area contributed by atoms with E-state index in [1.54, 1.807) is 36.0 Å². The number of hydrogen-bond acceptors (Lipinski definition) is 3. The lowest BCUT2D eigenvalue weighted by Crippen LogP contribution is -2.36. The molecule has 0 fully saturated rings. The molecule has 0 saturated carbocycles. The molecule has 0 aliphatic carbocycles. The summed E-state index contributed by atoms with van der Waals surface area (Å²) in [5.41, 5.74) is 1.97. The molecule has 1 amide bonds. The molecule has 1 aromatic heterocycles. The molecule has 128 valence electrons. The van der Waals surface area contributed by atoms with Gasteiger partial charge in [-0.05, 0) is 43.4 Å². The SMILES string of the molecule is Cc1cc(C(=O)NCCNC(=S)Nc2ccc(Cl)cc2Cl)nn1C. The van der Waals surface area contributed by atoms with Crippen LogP contribution in [0.15, 0.2) is 24.3 Å². The standard InChI is InChI=1S/C15H17Cl2N5OS/c1-9-7-13(21-22(9)2)14(23)18-5-6-19-15(24)20-12-4-3-10(16)8-11(12)17/h3-4,7-8H,5-6H2,1-2H3,(H,18,23)(H2,19,20,24). The zero-order valence-corrected chi connectivity index (χ0v) is 15.5. The highest BCUT2D eigenvalue weighted by Crippen LogP contribution is 2.25. The van der Waals surface area contributed by atoms with Crippen molar-refractivity contribution >= 4 is 52.1 Å². The fourth-order valence-corrected chi connectivity index (χ4v) is 2.54. The molecule has 9 heteroatoms. The molecular weight excluding hydrogens is 369 g/mol. The predicted octanol–water partition coefficient (Wildman–Crippen LogP) is 2.75. The van der Waals surface area contributed by atoms with Crippen LogP contribution in [0, 0.1) is 6.92 Å². The second-order valence-electron chi connectivity index (χ2n) is 5.06. The Hall–Kier alpha value is -1.83. The lowest BCUT2D eigenvalue weighted by Gasteiger charge is -2.12. The van der Waals surface area contributed by atoms with Gasteiger partial charge in [-0.2, -0.15) is 5.10 Å². The van der Waals surface area contributed by atoms with Crippen LogP contribution in [0.4, 0.5) is 5.69 Å². The fraction of sp³-hybridized carbons (Fsp3) is 0.267. The van der Waals surface area contributed by atoms with E-state index in [9.17, 15) is 4.79 Å². The van der Waals surface area contributed by atoms with Crippen molar-refractivity contribution in [3.8, 4) is 0 Å². The van der Waals surface area contributed by atoms with Crippen LogP contribution < -0.4 is 16.0 Å². The number of rotatable bonds is 5. The van der Waals surface area contributed by atoms with Crippen molar-refractivity contribution in [2.75, 3.05) is 18.4 Å². The summed E-state index contributed by atoms with van der Waals surface area (Å²) in [5.74, 6) is -0.222. The van der Waals surface area contributed by atoms with Crippen LogP contribution in [0.2, 0.25) is 10.0 Å². The van der Waals surface area contributed by atoms with Gasteiger partial charge in [-0.1, -0.05) is 23.2 Å². The number of nitrogens with zero attached hydrogens (tertiary/aromatic N) is 2. The van der Waals surface area contributed by atoms with Crippen LogP contribution >= 0.6 is 35.4 Å². The van der Waals surface area contributed by atoms with Crippen molar-refractivity contribution in [1.82, 2.24) is 20.4 Å². The Labute approximate surface area is 155 Å². The van der Waals surface area contributed by atoms with Crippen LogP contribution in [0.5, 0.6) is 0 Å². The number of thiocarbonyl (C=S) groups is 1. The number of halogens is 2. The summed E-state index contributed by atoms with van der Waals surface area (Å²) in [6.45, 7) is 2.76.